The average Bonchev–Trinajstić information content (AvgIpc) is 3.16. The Morgan fingerprint density at radius 1 is 1.19 bits per heavy atom. The number of aromatic nitrogens is 1. The van der Waals surface area contributed by atoms with Crippen molar-refractivity contribution in [2.75, 3.05) is 19.4 Å². The molecule has 27 heavy (non-hydrogen) atoms. The summed E-state index contributed by atoms with van der Waals surface area (Å²) in [5.41, 5.74) is 4.38. The number of thiazole rings is 1. The Kier molecular flexibility index (Phi) is 6.90. The van der Waals surface area contributed by atoms with Crippen LogP contribution in [0.2, 0.25) is 0 Å². The van der Waals surface area contributed by atoms with Crippen molar-refractivity contribution in [3.63, 3.8) is 0 Å². The fourth-order valence-corrected chi connectivity index (χ4v) is 4.27. The number of hydrogen-bond acceptors (Lipinski definition) is 5. The van der Waals surface area contributed by atoms with Gasteiger partial charge in [0.25, 0.3) is 0 Å². The Labute approximate surface area is 168 Å². The van der Waals surface area contributed by atoms with E-state index in [4.69, 9.17) is 4.74 Å². The van der Waals surface area contributed by atoms with E-state index < -0.39 is 0 Å². The number of methoxy groups -OCH3 is 1. The summed E-state index contributed by atoms with van der Waals surface area (Å²) in [7, 11) is 1.66. The molecule has 3 aromatic rings. The Morgan fingerprint density at radius 2 is 1.96 bits per heavy atom. The number of aryl methyl sites for hydroxylation is 1. The average molecular weight is 399 g/mol. The van der Waals surface area contributed by atoms with Gasteiger partial charge in [0.15, 0.2) is 4.34 Å². The Hall–Kier alpha value is -2.31. The fraction of sp³-hybridized carbons (Fsp3) is 0.238. The van der Waals surface area contributed by atoms with Crippen LogP contribution in [0.1, 0.15) is 11.1 Å². The van der Waals surface area contributed by atoms with Crippen LogP contribution in [-0.4, -0.2) is 30.3 Å². The lowest BCUT2D eigenvalue weighted by Gasteiger charge is -2.08. The summed E-state index contributed by atoms with van der Waals surface area (Å²) >= 11 is 3.04. The van der Waals surface area contributed by atoms with Crippen LogP contribution in [0.3, 0.4) is 0 Å². The monoisotopic (exact) mass is 398 g/mol. The van der Waals surface area contributed by atoms with Gasteiger partial charge in [0.2, 0.25) is 5.91 Å². The van der Waals surface area contributed by atoms with Crippen molar-refractivity contribution in [1.82, 2.24) is 10.3 Å². The van der Waals surface area contributed by atoms with Crippen LogP contribution in [0.5, 0.6) is 5.75 Å². The highest BCUT2D eigenvalue weighted by molar-refractivity contribution is 8.01. The SMILES string of the molecule is COc1ccccc1CCNC(=O)CSc1nc(-c2ccc(C)cc2)cs1. The largest absolute Gasteiger partial charge is 0.496 e. The number of carbonyl (C=O) groups is 1. The number of amides is 1. The number of carbonyl (C=O) groups excluding carboxylic acids is 1. The van der Waals surface area contributed by atoms with Crippen molar-refractivity contribution < 1.29 is 9.53 Å². The molecule has 0 spiro atoms. The van der Waals surface area contributed by atoms with Crippen LogP contribution in [0.25, 0.3) is 11.3 Å². The quantitative estimate of drug-likeness (QED) is 0.565. The summed E-state index contributed by atoms with van der Waals surface area (Å²) in [6, 6.07) is 16.2. The lowest BCUT2D eigenvalue weighted by atomic mass is 10.1. The summed E-state index contributed by atoms with van der Waals surface area (Å²) in [6.45, 7) is 2.66. The zero-order chi connectivity index (χ0) is 19.1. The van der Waals surface area contributed by atoms with Crippen LogP contribution in [-0.2, 0) is 11.2 Å². The third kappa shape index (κ3) is 5.58. The number of rotatable bonds is 8. The van der Waals surface area contributed by atoms with Crippen molar-refractivity contribution >= 4 is 29.0 Å². The lowest BCUT2D eigenvalue weighted by molar-refractivity contribution is -0.118. The Balaban J connectivity index is 1.45. The minimum Gasteiger partial charge on any atom is -0.496 e. The van der Waals surface area contributed by atoms with Crippen molar-refractivity contribution in [3.8, 4) is 17.0 Å². The second-order valence-electron chi connectivity index (χ2n) is 6.07. The van der Waals surface area contributed by atoms with Crippen molar-refractivity contribution in [2.45, 2.75) is 17.7 Å². The molecule has 0 fully saturated rings. The zero-order valence-electron chi connectivity index (χ0n) is 15.4. The molecule has 0 bridgehead atoms. The predicted molar refractivity (Wildman–Crippen MR) is 113 cm³/mol. The number of ether oxygens (including phenoxy) is 1. The molecule has 6 heteroatoms. The third-order valence-electron chi connectivity index (χ3n) is 4.07. The van der Waals surface area contributed by atoms with Gasteiger partial charge >= 0.3 is 0 Å². The molecule has 0 aliphatic rings. The van der Waals surface area contributed by atoms with Gasteiger partial charge in [0.05, 0.1) is 18.6 Å². The number of benzene rings is 2. The molecule has 0 saturated heterocycles. The highest BCUT2D eigenvalue weighted by Crippen LogP contribution is 2.28. The van der Waals surface area contributed by atoms with Gasteiger partial charge in [0, 0.05) is 17.5 Å². The second-order valence-corrected chi connectivity index (χ2v) is 8.15. The van der Waals surface area contributed by atoms with E-state index in [1.165, 1.54) is 17.3 Å². The Bertz CT molecular complexity index is 891. The molecule has 140 valence electrons. The first-order valence-corrected chi connectivity index (χ1v) is 10.6. The number of para-hydroxylation sites is 1. The van der Waals surface area contributed by atoms with E-state index in [0.29, 0.717) is 12.3 Å². The maximum atomic E-state index is 12.1. The molecule has 0 unspecified atom stereocenters. The van der Waals surface area contributed by atoms with E-state index in [9.17, 15) is 4.79 Å². The van der Waals surface area contributed by atoms with Crippen molar-refractivity contribution in [2.24, 2.45) is 0 Å². The maximum Gasteiger partial charge on any atom is 0.230 e. The van der Waals surface area contributed by atoms with Gasteiger partial charge in [0.1, 0.15) is 5.75 Å². The highest BCUT2D eigenvalue weighted by Gasteiger charge is 2.08. The molecule has 1 amide bonds. The maximum absolute atomic E-state index is 12.1. The minimum atomic E-state index is 0.0157. The van der Waals surface area contributed by atoms with Crippen LogP contribution in [0.4, 0.5) is 0 Å². The standard InChI is InChI=1S/C21H22N2O2S2/c1-15-7-9-16(10-8-15)18-13-26-21(23-18)27-14-20(24)22-12-11-17-5-3-4-6-19(17)25-2/h3-10,13H,11-12,14H2,1-2H3,(H,22,24). The first kappa shape index (κ1) is 19.5. The van der Waals surface area contributed by atoms with Crippen LogP contribution >= 0.6 is 23.1 Å². The van der Waals surface area contributed by atoms with Crippen LogP contribution in [0.15, 0.2) is 58.3 Å². The van der Waals surface area contributed by atoms with Crippen molar-refractivity contribution in [3.05, 3.63) is 65.0 Å². The first-order chi connectivity index (χ1) is 13.2. The van der Waals surface area contributed by atoms with E-state index in [-0.39, 0.29) is 5.91 Å². The minimum absolute atomic E-state index is 0.0157. The molecule has 0 atom stereocenters. The Morgan fingerprint density at radius 3 is 2.74 bits per heavy atom. The number of thioether (sulfide) groups is 1. The lowest BCUT2D eigenvalue weighted by Crippen LogP contribution is -2.27. The molecule has 1 aromatic heterocycles. The summed E-state index contributed by atoms with van der Waals surface area (Å²) in [5.74, 6) is 1.24. The molecular formula is C21H22N2O2S2. The van der Waals surface area contributed by atoms with Gasteiger partial charge in [-0.05, 0) is 25.0 Å². The summed E-state index contributed by atoms with van der Waals surface area (Å²) in [4.78, 5) is 16.7. The zero-order valence-corrected chi connectivity index (χ0v) is 17.0. The topological polar surface area (TPSA) is 51.2 Å². The molecular weight excluding hydrogens is 376 g/mol. The van der Waals surface area contributed by atoms with Gasteiger partial charge in [-0.15, -0.1) is 11.3 Å². The second kappa shape index (κ2) is 9.58. The molecule has 0 aliphatic carbocycles. The highest BCUT2D eigenvalue weighted by atomic mass is 32.2. The number of hydrogen-bond donors (Lipinski definition) is 1. The molecule has 0 radical (unpaired) electrons. The number of nitrogens with one attached hydrogen (secondary N) is 1. The van der Waals surface area contributed by atoms with E-state index in [1.54, 1.807) is 18.4 Å². The van der Waals surface area contributed by atoms with Gasteiger partial charge in [-0.2, -0.15) is 0 Å². The molecule has 4 nitrogen and oxygen atoms in total. The normalized spacial score (nSPS) is 10.6. The van der Waals surface area contributed by atoms with E-state index in [0.717, 1.165) is 33.3 Å². The van der Waals surface area contributed by atoms with Gasteiger partial charge in [-0.3, -0.25) is 4.79 Å². The van der Waals surface area contributed by atoms with E-state index in [2.05, 4.69) is 41.5 Å². The van der Waals surface area contributed by atoms with Gasteiger partial charge < -0.3 is 10.1 Å². The van der Waals surface area contributed by atoms with Gasteiger partial charge in [-0.1, -0.05) is 59.8 Å². The summed E-state index contributed by atoms with van der Waals surface area (Å²) < 4.78 is 6.24. The molecule has 0 aliphatic heterocycles. The summed E-state index contributed by atoms with van der Waals surface area (Å²) in [5, 5.41) is 4.99. The van der Waals surface area contributed by atoms with E-state index in [1.807, 2.05) is 29.6 Å². The molecule has 3 rings (SSSR count). The smallest absolute Gasteiger partial charge is 0.230 e. The summed E-state index contributed by atoms with van der Waals surface area (Å²) in [6.07, 6.45) is 0.745. The predicted octanol–water partition coefficient (Wildman–Crippen LogP) is 4.58. The third-order valence-corrected chi connectivity index (χ3v) is 6.09. The molecule has 1 heterocycles. The first-order valence-electron chi connectivity index (χ1n) is 8.69. The van der Waals surface area contributed by atoms with Crippen molar-refractivity contribution in [1.29, 1.82) is 0 Å². The molecule has 0 saturated carbocycles. The number of nitrogens with zero attached hydrogens (tertiary/aromatic N) is 1. The van der Waals surface area contributed by atoms with E-state index >= 15 is 0 Å². The van der Waals surface area contributed by atoms with Crippen LogP contribution in [0, 0.1) is 6.92 Å². The molecule has 1 N–H and O–H groups in total. The fourth-order valence-electron chi connectivity index (χ4n) is 2.60. The van der Waals surface area contributed by atoms with Gasteiger partial charge in [-0.25, -0.2) is 4.98 Å². The molecule has 2 aromatic carbocycles. The van der Waals surface area contributed by atoms with Crippen LogP contribution < -0.4 is 10.1 Å².